The third kappa shape index (κ3) is 2.00. The lowest BCUT2D eigenvalue weighted by Crippen LogP contribution is -2.37. The molecular formula is C11H17N5O2. The molecule has 98 valence electrons. The second-order valence-corrected chi connectivity index (χ2v) is 4.84. The van der Waals surface area contributed by atoms with Crippen molar-refractivity contribution in [1.82, 2.24) is 14.8 Å². The first-order chi connectivity index (χ1) is 8.74. The monoisotopic (exact) mass is 251 g/mol. The number of carbonyl (C=O) groups is 1. The van der Waals surface area contributed by atoms with Gasteiger partial charge in [0.05, 0.1) is 5.92 Å². The summed E-state index contributed by atoms with van der Waals surface area (Å²) in [6, 6.07) is 0. The third-order valence-electron chi connectivity index (χ3n) is 3.62. The number of aromatic nitrogens is 3. The van der Waals surface area contributed by atoms with Crippen LogP contribution in [0.4, 0.5) is 11.9 Å². The molecule has 7 heteroatoms. The number of carboxylic acid groups (broad SMARTS) is 1. The van der Waals surface area contributed by atoms with Crippen LogP contribution in [-0.4, -0.2) is 45.5 Å². The zero-order valence-corrected chi connectivity index (χ0v) is 10.2. The summed E-state index contributed by atoms with van der Waals surface area (Å²) in [5, 5.41) is 16.6. The maximum Gasteiger partial charge on any atom is 0.306 e. The van der Waals surface area contributed by atoms with Crippen LogP contribution in [0.5, 0.6) is 0 Å². The van der Waals surface area contributed by atoms with Crippen molar-refractivity contribution in [2.24, 2.45) is 5.92 Å². The maximum absolute atomic E-state index is 10.9. The Morgan fingerprint density at radius 3 is 2.78 bits per heavy atom. The van der Waals surface area contributed by atoms with Gasteiger partial charge in [0.15, 0.2) is 0 Å². The zero-order valence-electron chi connectivity index (χ0n) is 10.2. The fraction of sp³-hybridized carbons (Fsp3) is 0.727. The minimum atomic E-state index is -0.687. The van der Waals surface area contributed by atoms with E-state index in [-0.39, 0.29) is 5.92 Å². The van der Waals surface area contributed by atoms with Gasteiger partial charge in [-0.15, -0.1) is 5.10 Å². The van der Waals surface area contributed by atoms with E-state index in [1.165, 1.54) is 0 Å². The van der Waals surface area contributed by atoms with Crippen LogP contribution in [0.15, 0.2) is 0 Å². The number of nitrogens with zero attached hydrogens (tertiary/aromatic N) is 4. The molecule has 1 aromatic rings. The first kappa shape index (κ1) is 11.3. The second-order valence-electron chi connectivity index (χ2n) is 4.84. The number of piperidine rings is 1. The Morgan fingerprint density at radius 1 is 1.33 bits per heavy atom. The summed E-state index contributed by atoms with van der Waals surface area (Å²) in [4.78, 5) is 17.4. The summed E-state index contributed by atoms with van der Waals surface area (Å²) in [5.41, 5.74) is 0. The van der Waals surface area contributed by atoms with Gasteiger partial charge in [0.1, 0.15) is 0 Å². The Bertz CT molecular complexity index is 427. The van der Waals surface area contributed by atoms with E-state index in [0.29, 0.717) is 12.8 Å². The molecule has 0 amide bonds. The molecule has 2 N–H and O–H groups in total. The summed E-state index contributed by atoms with van der Waals surface area (Å²) < 4.78 is 1.89. The predicted octanol–water partition coefficient (Wildman–Crippen LogP) is 0.395. The molecule has 0 aliphatic carbocycles. The fourth-order valence-corrected chi connectivity index (χ4v) is 2.51. The molecule has 0 atom stereocenters. The number of anilines is 2. The minimum absolute atomic E-state index is 0.211. The smallest absolute Gasteiger partial charge is 0.306 e. The van der Waals surface area contributed by atoms with Crippen molar-refractivity contribution >= 4 is 17.9 Å². The summed E-state index contributed by atoms with van der Waals surface area (Å²) >= 11 is 0. The topological polar surface area (TPSA) is 83.3 Å². The first-order valence-electron chi connectivity index (χ1n) is 6.40. The molecule has 1 fully saturated rings. The van der Waals surface area contributed by atoms with E-state index < -0.39 is 5.97 Å². The minimum Gasteiger partial charge on any atom is -0.481 e. The molecule has 0 unspecified atom stereocenters. The highest BCUT2D eigenvalue weighted by atomic mass is 16.4. The van der Waals surface area contributed by atoms with Gasteiger partial charge in [0.2, 0.25) is 11.9 Å². The van der Waals surface area contributed by atoms with Gasteiger partial charge in [0, 0.05) is 26.2 Å². The van der Waals surface area contributed by atoms with Crippen molar-refractivity contribution in [2.75, 3.05) is 29.9 Å². The SMILES string of the molecule is O=C(O)C1CCN(c2nc3n(n2)CCCN3)CC1. The predicted molar refractivity (Wildman–Crippen MR) is 65.7 cm³/mol. The van der Waals surface area contributed by atoms with Crippen LogP contribution in [0, 0.1) is 5.92 Å². The highest BCUT2D eigenvalue weighted by Gasteiger charge is 2.27. The van der Waals surface area contributed by atoms with Crippen LogP contribution in [0.3, 0.4) is 0 Å². The molecule has 2 aliphatic heterocycles. The standard InChI is InChI=1S/C11H17N5O2/c17-9(18)8-2-6-15(7-3-8)11-13-10-12-4-1-5-16(10)14-11/h8H,1-7H2,(H,17,18)(H,12,13,14). The lowest BCUT2D eigenvalue weighted by molar-refractivity contribution is -0.142. The summed E-state index contributed by atoms with van der Waals surface area (Å²) in [6.45, 7) is 3.29. The Morgan fingerprint density at radius 2 is 2.11 bits per heavy atom. The Hall–Kier alpha value is -1.79. The number of carboxylic acids is 1. The summed E-state index contributed by atoms with van der Waals surface area (Å²) in [5.74, 6) is 0.657. The van der Waals surface area contributed by atoms with E-state index in [0.717, 1.165) is 44.5 Å². The summed E-state index contributed by atoms with van der Waals surface area (Å²) in [6.07, 6.45) is 2.41. The highest BCUT2D eigenvalue weighted by Crippen LogP contribution is 2.23. The van der Waals surface area contributed by atoms with Crippen LogP contribution < -0.4 is 10.2 Å². The number of nitrogens with one attached hydrogen (secondary N) is 1. The van der Waals surface area contributed by atoms with Gasteiger partial charge in [-0.2, -0.15) is 4.98 Å². The van der Waals surface area contributed by atoms with Crippen molar-refractivity contribution in [3.63, 3.8) is 0 Å². The van der Waals surface area contributed by atoms with E-state index in [2.05, 4.69) is 20.3 Å². The molecule has 18 heavy (non-hydrogen) atoms. The molecule has 0 radical (unpaired) electrons. The number of fused-ring (bicyclic) bond motifs is 1. The van der Waals surface area contributed by atoms with E-state index in [1.807, 2.05) is 4.68 Å². The molecule has 3 rings (SSSR count). The van der Waals surface area contributed by atoms with Crippen molar-refractivity contribution in [2.45, 2.75) is 25.8 Å². The Balaban J connectivity index is 1.69. The van der Waals surface area contributed by atoms with Crippen molar-refractivity contribution in [3.05, 3.63) is 0 Å². The molecule has 7 nitrogen and oxygen atoms in total. The van der Waals surface area contributed by atoms with Gasteiger partial charge in [-0.25, -0.2) is 4.68 Å². The zero-order chi connectivity index (χ0) is 12.5. The second kappa shape index (κ2) is 4.47. The number of aliphatic carboxylic acids is 1. The van der Waals surface area contributed by atoms with Crippen LogP contribution in [0.25, 0.3) is 0 Å². The molecule has 0 aromatic carbocycles. The van der Waals surface area contributed by atoms with Gasteiger partial charge in [-0.05, 0) is 19.3 Å². The van der Waals surface area contributed by atoms with E-state index >= 15 is 0 Å². The first-order valence-corrected chi connectivity index (χ1v) is 6.40. The fourth-order valence-electron chi connectivity index (χ4n) is 2.51. The Labute approximate surface area is 105 Å². The number of rotatable bonds is 2. The van der Waals surface area contributed by atoms with Gasteiger partial charge in [-0.3, -0.25) is 4.79 Å². The molecule has 2 aliphatic rings. The van der Waals surface area contributed by atoms with E-state index in [1.54, 1.807) is 0 Å². The molecule has 0 saturated carbocycles. The van der Waals surface area contributed by atoms with Crippen LogP contribution in [0.2, 0.25) is 0 Å². The molecule has 1 aromatic heterocycles. The van der Waals surface area contributed by atoms with Crippen molar-refractivity contribution in [1.29, 1.82) is 0 Å². The van der Waals surface area contributed by atoms with Gasteiger partial charge in [-0.1, -0.05) is 0 Å². The number of hydrogen-bond acceptors (Lipinski definition) is 5. The van der Waals surface area contributed by atoms with Gasteiger partial charge < -0.3 is 15.3 Å². The Kier molecular flexibility index (Phi) is 2.81. The molecular weight excluding hydrogens is 234 g/mol. The number of aryl methyl sites for hydroxylation is 1. The third-order valence-corrected chi connectivity index (χ3v) is 3.62. The average molecular weight is 251 g/mol. The average Bonchev–Trinajstić information content (AvgIpc) is 2.82. The normalized spacial score (nSPS) is 20.3. The molecule has 0 bridgehead atoms. The van der Waals surface area contributed by atoms with Crippen LogP contribution in [0.1, 0.15) is 19.3 Å². The molecule has 1 saturated heterocycles. The van der Waals surface area contributed by atoms with Crippen molar-refractivity contribution in [3.8, 4) is 0 Å². The summed E-state index contributed by atoms with van der Waals surface area (Å²) in [7, 11) is 0. The maximum atomic E-state index is 10.9. The van der Waals surface area contributed by atoms with E-state index in [4.69, 9.17) is 5.11 Å². The van der Waals surface area contributed by atoms with E-state index in [9.17, 15) is 4.79 Å². The quantitative estimate of drug-likeness (QED) is 0.791. The number of hydrogen-bond donors (Lipinski definition) is 2. The van der Waals surface area contributed by atoms with Crippen LogP contribution in [-0.2, 0) is 11.3 Å². The van der Waals surface area contributed by atoms with Gasteiger partial charge in [0.25, 0.3) is 0 Å². The van der Waals surface area contributed by atoms with Crippen LogP contribution >= 0.6 is 0 Å². The molecule has 0 spiro atoms. The largest absolute Gasteiger partial charge is 0.481 e. The lowest BCUT2D eigenvalue weighted by Gasteiger charge is -2.28. The van der Waals surface area contributed by atoms with Crippen molar-refractivity contribution < 1.29 is 9.90 Å². The van der Waals surface area contributed by atoms with Gasteiger partial charge >= 0.3 is 5.97 Å². The highest BCUT2D eigenvalue weighted by molar-refractivity contribution is 5.70. The lowest BCUT2D eigenvalue weighted by atomic mass is 9.97. The molecule has 3 heterocycles.